The van der Waals surface area contributed by atoms with Crippen LogP contribution in [0.3, 0.4) is 0 Å². The molecule has 0 bridgehead atoms. The highest BCUT2D eigenvalue weighted by molar-refractivity contribution is 9.10. The highest BCUT2D eigenvalue weighted by atomic mass is 79.9. The van der Waals surface area contributed by atoms with Crippen LogP contribution in [-0.2, 0) is 20.9 Å². The Bertz CT molecular complexity index is 1060. The number of amides is 1. The van der Waals surface area contributed by atoms with Crippen molar-refractivity contribution in [3.63, 3.8) is 0 Å². The SMILES string of the molecule is COc1ccc(CN2C(=O)C3=C(C(=O)C4CCCCC4O3)C2c2cccc(Br)c2)cc1. The smallest absolute Gasteiger partial charge is 0.290 e. The van der Waals surface area contributed by atoms with Crippen molar-refractivity contribution >= 4 is 27.6 Å². The van der Waals surface area contributed by atoms with Gasteiger partial charge in [-0.1, -0.05) is 46.6 Å². The summed E-state index contributed by atoms with van der Waals surface area (Å²) in [6, 6.07) is 15.0. The molecule has 2 heterocycles. The molecule has 5 nitrogen and oxygen atoms in total. The lowest BCUT2D eigenvalue weighted by atomic mass is 9.77. The van der Waals surface area contributed by atoms with Crippen molar-refractivity contribution in [1.82, 2.24) is 4.90 Å². The van der Waals surface area contributed by atoms with E-state index in [1.807, 2.05) is 48.5 Å². The van der Waals surface area contributed by atoms with Crippen molar-refractivity contribution in [2.45, 2.75) is 44.4 Å². The molecule has 2 aromatic carbocycles. The molecule has 3 unspecified atom stereocenters. The number of rotatable bonds is 4. The minimum absolute atomic E-state index is 0.0847. The largest absolute Gasteiger partial charge is 0.497 e. The molecule has 1 aliphatic carbocycles. The summed E-state index contributed by atoms with van der Waals surface area (Å²) < 4.78 is 12.4. The van der Waals surface area contributed by atoms with Crippen LogP contribution in [-0.4, -0.2) is 29.8 Å². The van der Waals surface area contributed by atoms with Gasteiger partial charge in [0.1, 0.15) is 11.9 Å². The van der Waals surface area contributed by atoms with Crippen LogP contribution in [0, 0.1) is 5.92 Å². The molecule has 1 saturated carbocycles. The molecule has 3 atom stereocenters. The molecule has 0 spiro atoms. The quantitative estimate of drug-likeness (QED) is 0.619. The first-order valence-corrected chi connectivity index (χ1v) is 11.5. The summed E-state index contributed by atoms with van der Waals surface area (Å²) in [7, 11) is 1.63. The highest BCUT2D eigenvalue weighted by Gasteiger charge is 2.51. The number of nitrogens with zero attached hydrogens (tertiary/aromatic N) is 1. The number of benzene rings is 2. The van der Waals surface area contributed by atoms with Crippen LogP contribution in [0.2, 0.25) is 0 Å². The molecule has 6 heteroatoms. The van der Waals surface area contributed by atoms with Gasteiger partial charge in [-0.05, 0) is 54.7 Å². The third-order valence-electron chi connectivity index (χ3n) is 6.54. The normalized spacial score (nSPS) is 25.2. The van der Waals surface area contributed by atoms with E-state index in [-0.39, 0.29) is 29.5 Å². The number of hydrogen-bond acceptors (Lipinski definition) is 4. The standard InChI is InChI=1S/C25H24BrNO4/c1-30-18-11-9-15(10-12-18)14-27-22(16-5-4-6-17(26)13-16)21-23(28)19-7-2-3-8-20(19)31-24(21)25(27)29/h4-6,9-13,19-20,22H,2-3,7-8,14H2,1H3. The van der Waals surface area contributed by atoms with E-state index < -0.39 is 6.04 Å². The number of ketones is 1. The van der Waals surface area contributed by atoms with Crippen molar-refractivity contribution in [2.75, 3.05) is 7.11 Å². The second-order valence-electron chi connectivity index (χ2n) is 8.39. The second-order valence-corrected chi connectivity index (χ2v) is 9.31. The lowest BCUT2D eigenvalue weighted by Gasteiger charge is -2.35. The predicted octanol–water partition coefficient (Wildman–Crippen LogP) is 4.95. The summed E-state index contributed by atoms with van der Waals surface area (Å²) in [4.78, 5) is 28.9. The second kappa shape index (κ2) is 8.15. The van der Waals surface area contributed by atoms with Crippen molar-refractivity contribution in [3.8, 4) is 5.75 Å². The fraction of sp³-hybridized carbons (Fsp3) is 0.360. The van der Waals surface area contributed by atoms with Gasteiger partial charge in [-0.2, -0.15) is 0 Å². The van der Waals surface area contributed by atoms with Crippen LogP contribution in [0.15, 0.2) is 64.3 Å². The Labute approximate surface area is 190 Å². The Morgan fingerprint density at radius 1 is 1.10 bits per heavy atom. The van der Waals surface area contributed by atoms with Crippen molar-refractivity contribution in [2.24, 2.45) is 5.92 Å². The Morgan fingerprint density at radius 2 is 1.87 bits per heavy atom. The number of fused-ring (bicyclic) bond motifs is 1. The van der Waals surface area contributed by atoms with Crippen molar-refractivity contribution < 1.29 is 19.1 Å². The van der Waals surface area contributed by atoms with Crippen LogP contribution >= 0.6 is 15.9 Å². The third kappa shape index (κ3) is 3.57. The number of ether oxygens (including phenoxy) is 2. The van der Waals surface area contributed by atoms with E-state index in [4.69, 9.17) is 9.47 Å². The lowest BCUT2D eigenvalue weighted by Crippen LogP contribution is -2.39. The predicted molar refractivity (Wildman–Crippen MR) is 119 cm³/mol. The van der Waals surface area contributed by atoms with E-state index in [2.05, 4.69) is 15.9 Å². The minimum atomic E-state index is -0.447. The Kier molecular flexibility index (Phi) is 5.34. The zero-order valence-electron chi connectivity index (χ0n) is 17.3. The van der Waals surface area contributed by atoms with Crippen LogP contribution in [0.1, 0.15) is 42.9 Å². The average molecular weight is 482 g/mol. The van der Waals surface area contributed by atoms with Crippen LogP contribution in [0.4, 0.5) is 0 Å². The van der Waals surface area contributed by atoms with E-state index in [9.17, 15) is 9.59 Å². The van der Waals surface area contributed by atoms with Gasteiger partial charge in [-0.3, -0.25) is 9.59 Å². The Morgan fingerprint density at radius 3 is 2.61 bits per heavy atom. The maximum atomic E-state index is 13.6. The van der Waals surface area contributed by atoms with Crippen LogP contribution < -0.4 is 4.74 Å². The summed E-state index contributed by atoms with van der Waals surface area (Å²) in [5.74, 6) is 0.761. The molecule has 1 amide bonds. The number of carbonyl (C=O) groups excluding carboxylic acids is 2. The first-order chi connectivity index (χ1) is 15.1. The number of hydrogen-bond donors (Lipinski definition) is 0. The van der Waals surface area contributed by atoms with Gasteiger partial charge < -0.3 is 14.4 Å². The van der Waals surface area contributed by atoms with E-state index in [1.165, 1.54) is 0 Å². The molecule has 0 N–H and O–H groups in total. The summed E-state index contributed by atoms with van der Waals surface area (Å²) in [6.07, 6.45) is 3.56. The molecule has 5 rings (SSSR count). The molecule has 31 heavy (non-hydrogen) atoms. The Hall–Kier alpha value is -2.60. The molecule has 3 aliphatic rings. The van der Waals surface area contributed by atoms with Crippen molar-refractivity contribution in [1.29, 1.82) is 0 Å². The van der Waals surface area contributed by atoms with Gasteiger partial charge in [0, 0.05) is 11.0 Å². The zero-order valence-corrected chi connectivity index (χ0v) is 18.9. The molecule has 0 aromatic heterocycles. The number of Topliss-reactive ketones (excluding diaryl/α,β-unsaturated/α-hetero) is 1. The van der Waals surface area contributed by atoms with E-state index in [1.54, 1.807) is 12.0 Å². The molecule has 0 saturated heterocycles. The molecule has 160 valence electrons. The summed E-state index contributed by atoms with van der Waals surface area (Å²) in [5.41, 5.74) is 2.41. The minimum Gasteiger partial charge on any atom is -0.497 e. The first kappa shape index (κ1) is 20.3. The summed E-state index contributed by atoms with van der Waals surface area (Å²) >= 11 is 3.54. The maximum Gasteiger partial charge on any atom is 0.290 e. The van der Waals surface area contributed by atoms with Gasteiger partial charge in [0.2, 0.25) is 0 Å². The molecular weight excluding hydrogens is 458 g/mol. The number of methoxy groups -OCH3 is 1. The van der Waals surface area contributed by atoms with Crippen LogP contribution in [0.5, 0.6) is 5.75 Å². The molecule has 0 radical (unpaired) electrons. The Balaban J connectivity index is 1.56. The van der Waals surface area contributed by atoms with Gasteiger partial charge in [0.15, 0.2) is 11.5 Å². The number of carbonyl (C=O) groups is 2. The molecule has 2 aromatic rings. The van der Waals surface area contributed by atoms with E-state index >= 15 is 0 Å². The highest BCUT2D eigenvalue weighted by Crippen LogP contribution is 2.47. The van der Waals surface area contributed by atoms with Gasteiger partial charge >= 0.3 is 0 Å². The summed E-state index contributed by atoms with van der Waals surface area (Å²) in [5, 5.41) is 0. The van der Waals surface area contributed by atoms with E-state index in [0.717, 1.165) is 47.0 Å². The van der Waals surface area contributed by atoms with E-state index in [0.29, 0.717) is 12.1 Å². The fourth-order valence-electron chi connectivity index (χ4n) is 5.01. The maximum absolute atomic E-state index is 13.6. The summed E-state index contributed by atoms with van der Waals surface area (Å²) in [6.45, 7) is 0.388. The molecule has 2 aliphatic heterocycles. The van der Waals surface area contributed by atoms with Gasteiger partial charge in [-0.25, -0.2) is 0 Å². The zero-order chi connectivity index (χ0) is 21.5. The topological polar surface area (TPSA) is 55.8 Å². The van der Waals surface area contributed by atoms with Crippen LogP contribution in [0.25, 0.3) is 0 Å². The van der Waals surface area contributed by atoms with Gasteiger partial charge in [0.05, 0.1) is 24.6 Å². The lowest BCUT2D eigenvalue weighted by molar-refractivity contribution is -0.135. The monoisotopic (exact) mass is 481 g/mol. The van der Waals surface area contributed by atoms with Gasteiger partial charge in [-0.15, -0.1) is 0 Å². The van der Waals surface area contributed by atoms with Gasteiger partial charge in [0.25, 0.3) is 5.91 Å². The average Bonchev–Trinajstić information content (AvgIpc) is 3.06. The molecule has 1 fully saturated rings. The molecular formula is C25H24BrNO4. The number of halogens is 1. The fourth-order valence-corrected chi connectivity index (χ4v) is 5.42. The third-order valence-corrected chi connectivity index (χ3v) is 7.03. The first-order valence-electron chi connectivity index (χ1n) is 10.7. The van der Waals surface area contributed by atoms with Crippen molar-refractivity contribution in [3.05, 3.63) is 75.5 Å².